The van der Waals surface area contributed by atoms with Gasteiger partial charge in [-0.2, -0.15) is 18.2 Å². The number of nitrogens with zero attached hydrogens (tertiary/aromatic N) is 2. The first-order valence-corrected chi connectivity index (χ1v) is 10.4. The fraction of sp³-hybridized carbons (Fsp3) is 0.0800. The highest BCUT2D eigenvalue weighted by Gasteiger charge is 2.32. The van der Waals surface area contributed by atoms with Crippen LogP contribution in [0.3, 0.4) is 0 Å². The number of fused-ring (bicyclic) bond motifs is 1. The molecule has 36 heavy (non-hydrogen) atoms. The Morgan fingerprint density at radius 2 is 1.72 bits per heavy atom. The van der Waals surface area contributed by atoms with Crippen molar-refractivity contribution >= 4 is 11.0 Å². The van der Waals surface area contributed by atoms with E-state index < -0.39 is 17.6 Å². The zero-order chi connectivity index (χ0) is 25.4. The number of rotatable bonds is 5. The molecule has 2 aromatic heterocycles. The van der Waals surface area contributed by atoms with Crippen molar-refractivity contribution in [1.82, 2.24) is 10.1 Å². The molecule has 0 saturated heterocycles. The molecule has 1 N–H and O–H groups in total. The Kier molecular flexibility index (Phi) is 5.67. The van der Waals surface area contributed by atoms with Crippen LogP contribution in [0.5, 0.6) is 11.5 Å². The lowest BCUT2D eigenvalue weighted by Gasteiger charge is -2.07. The van der Waals surface area contributed by atoms with Crippen molar-refractivity contribution < 1.29 is 36.3 Å². The molecule has 0 radical (unpaired) electrons. The van der Waals surface area contributed by atoms with Gasteiger partial charge in [0.1, 0.15) is 28.7 Å². The number of aromatic nitrogens is 2. The molecule has 5 aromatic rings. The predicted molar refractivity (Wildman–Crippen MR) is 119 cm³/mol. The maximum absolute atomic E-state index is 13.7. The van der Waals surface area contributed by atoms with Gasteiger partial charge in [0, 0.05) is 23.3 Å². The number of phenols is 1. The molecule has 5 rings (SSSR count). The molecule has 0 fully saturated rings. The second kappa shape index (κ2) is 8.84. The van der Waals surface area contributed by atoms with Gasteiger partial charge in [-0.15, -0.1) is 0 Å². The number of phenolic OH excluding ortho intramolecular Hbond substituents is 1. The molecule has 182 valence electrons. The second-order valence-electron chi connectivity index (χ2n) is 7.71. The van der Waals surface area contributed by atoms with Crippen LogP contribution in [0.15, 0.2) is 80.5 Å². The summed E-state index contributed by atoms with van der Waals surface area (Å²) in [6.07, 6.45) is -4.74. The SMILES string of the molecule is O=c1cc(-c2ccc(O)cc2)oc2cc(OCc3noc(-c4cc(F)cc(C(F)(F)F)c4)n3)ccc12. The molecule has 0 spiro atoms. The van der Waals surface area contributed by atoms with Crippen molar-refractivity contribution in [2.45, 2.75) is 12.8 Å². The molecular weight excluding hydrogens is 484 g/mol. The van der Waals surface area contributed by atoms with Crippen molar-refractivity contribution in [2.24, 2.45) is 0 Å². The first kappa shape index (κ1) is 23.1. The summed E-state index contributed by atoms with van der Waals surface area (Å²) >= 11 is 0. The van der Waals surface area contributed by atoms with E-state index in [1.165, 1.54) is 36.4 Å². The largest absolute Gasteiger partial charge is 0.508 e. The van der Waals surface area contributed by atoms with Gasteiger partial charge in [0.05, 0.1) is 10.9 Å². The monoisotopic (exact) mass is 498 g/mol. The summed E-state index contributed by atoms with van der Waals surface area (Å²) in [5, 5.41) is 13.4. The number of hydrogen-bond donors (Lipinski definition) is 1. The second-order valence-corrected chi connectivity index (χ2v) is 7.71. The minimum atomic E-state index is -4.74. The van der Waals surface area contributed by atoms with E-state index in [2.05, 4.69) is 10.1 Å². The van der Waals surface area contributed by atoms with E-state index in [9.17, 15) is 27.5 Å². The van der Waals surface area contributed by atoms with Crippen LogP contribution in [0.2, 0.25) is 0 Å². The Hall–Kier alpha value is -4.67. The third kappa shape index (κ3) is 4.76. The first-order valence-electron chi connectivity index (χ1n) is 10.4. The van der Waals surface area contributed by atoms with E-state index >= 15 is 0 Å². The summed E-state index contributed by atoms with van der Waals surface area (Å²) in [6, 6.07) is 13.9. The fourth-order valence-corrected chi connectivity index (χ4v) is 3.45. The Balaban J connectivity index is 1.37. The molecule has 0 aliphatic carbocycles. The molecule has 0 saturated carbocycles. The van der Waals surface area contributed by atoms with Gasteiger partial charge >= 0.3 is 6.18 Å². The Labute approximate surface area is 199 Å². The van der Waals surface area contributed by atoms with Crippen molar-refractivity contribution in [3.8, 4) is 34.3 Å². The summed E-state index contributed by atoms with van der Waals surface area (Å²) in [5.41, 5.74) is -0.852. The van der Waals surface area contributed by atoms with Crippen molar-refractivity contribution in [3.63, 3.8) is 0 Å². The van der Waals surface area contributed by atoms with Gasteiger partial charge < -0.3 is 18.8 Å². The van der Waals surface area contributed by atoms with Crippen LogP contribution in [0.4, 0.5) is 17.6 Å². The van der Waals surface area contributed by atoms with Crippen molar-refractivity contribution in [2.75, 3.05) is 0 Å². The molecule has 0 aliphatic rings. The van der Waals surface area contributed by atoms with Crippen molar-refractivity contribution in [1.29, 1.82) is 0 Å². The van der Waals surface area contributed by atoms with E-state index in [1.807, 2.05) is 0 Å². The zero-order valence-corrected chi connectivity index (χ0v) is 18.0. The van der Waals surface area contributed by atoms with Crippen LogP contribution in [-0.4, -0.2) is 15.2 Å². The number of aromatic hydroxyl groups is 1. The molecule has 0 unspecified atom stereocenters. The van der Waals surface area contributed by atoms with E-state index in [4.69, 9.17) is 13.7 Å². The number of alkyl halides is 3. The lowest BCUT2D eigenvalue weighted by atomic mass is 10.1. The lowest BCUT2D eigenvalue weighted by molar-refractivity contribution is -0.137. The molecule has 0 amide bonds. The molecular formula is C25H14F4N2O5. The van der Waals surface area contributed by atoms with Crippen LogP contribution in [0.25, 0.3) is 33.7 Å². The quantitative estimate of drug-likeness (QED) is 0.299. The molecule has 0 bridgehead atoms. The van der Waals surface area contributed by atoms with Crippen LogP contribution >= 0.6 is 0 Å². The van der Waals surface area contributed by atoms with Crippen LogP contribution < -0.4 is 10.2 Å². The van der Waals surface area contributed by atoms with Gasteiger partial charge in [0.2, 0.25) is 5.82 Å². The van der Waals surface area contributed by atoms with Crippen LogP contribution in [-0.2, 0) is 12.8 Å². The molecule has 3 aromatic carbocycles. The maximum Gasteiger partial charge on any atom is 0.416 e. The number of ether oxygens (including phenoxy) is 1. The van der Waals surface area contributed by atoms with Gasteiger partial charge in [-0.3, -0.25) is 4.79 Å². The van der Waals surface area contributed by atoms with Gasteiger partial charge in [-0.25, -0.2) is 4.39 Å². The fourth-order valence-electron chi connectivity index (χ4n) is 3.45. The highest BCUT2D eigenvalue weighted by molar-refractivity contribution is 5.80. The maximum atomic E-state index is 13.7. The number of halogens is 4. The zero-order valence-electron chi connectivity index (χ0n) is 18.0. The third-order valence-electron chi connectivity index (χ3n) is 5.16. The Morgan fingerprint density at radius 1 is 0.944 bits per heavy atom. The molecule has 11 heteroatoms. The third-order valence-corrected chi connectivity index (χ3v) is 5.16. The summed E-state index contributed by atoms with van der Waals surface area (Å²) in [4.78, 5) is 16.5. The smallest absolute Gasteiger partial charge is 0.416 e. The first-order chi connectivity index (χ1) is 17.2. The van der Waals surface area contributed by atoms with E-state index in [-0.39, 0.29) is 40.6 Å². The van der Waals surface area contributed by atoms with E-state index in [0.29, 0.717) is 34.6 Å². The highest BCUT2D eigenvalue weighted by Crippen LogP contribution is 2.33. The van der Waals surface area contributed by atoms with Gasteiger partial charge in [-0.1, -0.05) is 5.16 Å². The standard InChI is InChI=1S/C25H14F4N2O5/c26-16-8-14(7-15(9-16)25(27,28)29)24-30-23(31-36-24)12-34-18-5-6-19-20(33)11-21(35-22(19)10-18)13-1-3-17(32)4-2-13/h1-11,32H,12H2. The highest BCUT2D eigenvalue weighted by atomic mass is 19.4. The van der Waals surface area contributed by atoms with Crippen LogP contribution in [0, 0.1) is 5.82 Å². The Bertz CT molecular complexity index is 1620. The summed E-state index contributed by atoms with van der Waals surface area (Å²) in [5.74, 6) is -0.741. The van der Waals surface area contributed by atoms with Crippen molar-refractivity contribution in [3.05, 3.63) is 94.2 Å². The average molecular weight is 498 g/mol. The topological polar surface area (TPSA) is 98.6 Å². The normalized spacial score (nSPS) is 11.7. The predicted octanol–water partition coefficient (Wildman–Crippen LogP) is 5.95. The minimum Gasteiger partial charge on any atom is -0.508 e. The lowest BCUT2D eigenvalue weighted by Crippen LogP contribution is -2.05. The summed E-state index contributed by atoms with van der Waals surface area (Å²) in [7, 11) is 0. The van der Waals surface area contributed by atoms with Gasteiger partial charge in [-0.05, 0) is 54.6 Å². The van der Waals surface area contributed by atoms with E-state index in [1.54, 1.807) is 12.1 Å². The summed E-state index contributed by atoms with van der Waals surface area (Å²) in [6.45, 7) is -0.224. The number of hydrogen-bond acceptors (Lipinski definition) is 7. The summed E-state index contributed by atoms with van der Waals surface area (Å²) < 4.78 is 69.0. The Morgan fingerprint density at radius 3 is 2.47 bits per heavy atom. The molecule has 0 atom stereocenters. The van der Waals surface area contributed by atoms with Gasteiger partial charge in [0.15, 0.2) is 12.0 Å². The number of benzene rings is 3. The molecule has 2 heterocycles. The molecule has 7 nitrogen and oxygen atoms in total. The average Bonchev–Trinajstić information content (AvgIpc) is 3.31. The van der Waals surface area contributed by atoms with Gasteiger partial charge in [0.25, 0.3) is 5.89 Å². The van der Waals surface area contributed by atoms with E-state index in [0.717, 1.165) is 6.07 Å². The minimum absolute atomic E-state index is 0.00205. The van der Waals surface area contributed by atoms with Crippen LogP contribution in [0.1, 0.15) is 11.4 Å². The molecule has 0 aliphatic heterocycles.